The molecule has 2 unspecified atom stereocenters. The maximum Gasteiger partial charge on any atom is 0.409 e. The van der Waals surface area contributed by atoms with E-state index >= 15 is 0 Å². The lowest BCUT2D eigenvalue weighted by molar-refractivity contribution is 0.0870. The van der Waals surface area contributed by atoms with Crippen molar-refractivity contribution >= 4 is 23.8 Å². The summed E-state index contributed by atoms with van der Waals surface area (Å²) in [7, 11) is 1.34. The molecule has 2 aromatic carbocycles. The lowest BCUT2D eigenvalue weighted by Crippen LogP contribution is -2.43. The number of nitrogens with zero attached hydrogens (tertiary/aromatic N) is 1. The molecule has 3 aromatic rings. The van der Waals surface area contributed by atoms with E-state index in [1.165, 1.54) is 7.11 Å². The van der Waals surface area contributed by atoms with Gasteiger partial charge in [0.15, 0.2) is 0 Å². The molecule has 0 spiro atoms. The number of hydrogen-bond donors (Lipinski definition) is 2. The average Bonchev–Trinajstić information content (AvgIpc) is 2.98. The summed E-state index contributed by atoms with van der Waals surface area (Å²) in [5.41, 5.74) is 5.54. The molecule has 0 bridgehead atoms. The highest BCUT2D eigenvalue weighted by molar-refractivity contribution is 6.31. The molecule has 0 radical (unpaired) electrons. The van der Waals surface area contributed by atoms with Gasteiger partial charge in [-0.2, -0.15) is 0 Å². The van der Waals surface area contributed by atoms with E-state index in [0.717, 1.165) is 40.7 Å². The molecule has 1 saturated heterocycles. The van der Waals surface area contributed by atoms with Crippen LogP contribution in [0.1, 0.15) is 60.3 Å². The maximum atomic E-state index is 12.9. The Balaban J connectivity index is 1.65. The molecule has 1 aromatic heterocycles. The first-order chi connectivity index (χ1) is 19.8. The van der Waals surface area contributed by atoms with Crippen molar-refractivity contribution in [1.29, 1.82) is 0 Å². The molecule has 1 aliphatic heterocycles. The first-order valence-electron chi connectivity index (χ1n) is 14.1. The average molecular weight is 580 g/mol. The van der Waals surface area contributed by atoms with Crippen LogP contribution < -0.4 is 10.9 Å². The molecule has 0 aliphatic carbocycles. The lowest BCUT2D eigenvalue weighted by Gasteiger charge is -2.39. The Morgan fingerprint density at radius 2 is 1.93 bits per heavy atom. The van der Waals surface area contributed by atoms with Crippen LogP contribution in [-0.2, 0) is 15.9 Å². The van der Waals surface area contributed by atoms with Crippen LogP contribution in [0.4, 0.5) is 9.59 Å². The number of pyridine rings is 1. The van der Waals surface area contributed by atoms with Crippen molar-refractivity contribution in [2.24, 2.45) is 0 Å². The van der Waals surface area contributed by atoms with Crippen LogP contribution in [0.3, 0.4) is 0 Å². The number of benzene rings is 2. The van der Waals surface area contributed by atoms with Gasteiger partial charge in [-0.05, 0) is 72.1 Å². The van der Waals surface area contributed by atoms with Crippen LogP contribution in [0.15, 0.2) is 59.5 Å². The van der Waals surface area contributed by atoms with Crippen LogP contribution >= 0.6 is 11.6 Å². The van der Waals surface area contributed by atoms with Crippen molar-refractivity contribution in [3.63, 3.8) is 0 Å². The largest absolute Gasteiger partial charge is 0.453 e. The quantitative estimate of drug-likeness (QED) is 0.285. The SMILES string of the molecule is CCCCOC(=O)N1CCC(c2cc[nH]c(=O)c2C)C(c2ccc(-c3ccccc3CCNC(=O)OC)cc2Cl)C1. The predicted molar refractivity (Wildman–Crippen MR) is 161 cm³/mol. The van der Waals surface area contributed by atoms with Crippen LogP contribution in [0, 0.1) is 6.92 Å². The fourth-order valence-corrected chi connectivity index (χ4v) is 5.88. The van der Waals surface area contributed by atoms with E-state index in [-0.39, 0.29) is 23.5 Å². The molecule has 8 nitrogen and oxygen atoms in total. The molecule has 4 rings (SSSR count). The maximum absolute atomic E-state index is 12.9. The number of piperidine rings is 1. The zero-order chi connectivity index (χ0) is 29.4. The summed E-state index contributed by atoms with van der Waals surface area (Å²) < 4.78 is 10.2. The Hall–Kier alpha value is -3.78. The minimum atomic E-state index is -0.462. The number of ether oxygens (including phenoxy) is 2. The first kappa shape index (κ1) is 30.2. The Morgan fingerprint density at radius 1 is 1.12 bits per heavy atom. The standard InChI is InChI=1S/C32H38ClN3O5/c1-4-5-18-41-32(39)36-17-14-26(24-13-16-34-30(37)21(24)2)28(20-36)27-11-10-23(19-29(27)33)25-9-7-6-8-22(25)12-15-35-31(38)40-3/h6-11,13,16,19,26,28H,4-5,12,14-15,17-18,20H2,1-3H3,(H,34,37)(H,35,38). The normalized spacial score (nSPS) is 16.7. The number of alkyl carbamates (subject to hydrolysis) is 1. The van der Waals surface area contributed by atoms with Crippen molar-refractivity contribution in [3.8, 4) is 11.1 Å². The topological polar surface area (TPSA) is 101 Å². The summed E-state index contributed by atoms with van der Waals surface area (Å²) in [5, 5.41) is 3.33. The van der Waals surface area contributed by atoms with Crippen molar-refractivity contribution < 1.29 is 19.1 Å². The molecular formula is C32H38ClN3O5. The van der Waals surface area contributed by atoms with Crippen LogP contribution in [0.5, 0.6) is 0 Å². The number of halogens is 1. The number of methoxy groups -OCH3 is 1. The second-order valence-electron chi connectivity index (χ2n) is 10.4. The number of nitrogens with one attached hydrogen (secondary N) is 2. The number of carbonyl (C=O) groups excluding carboxylic acids is 2. The Bertz CT molecular complexity index is 1420. The molecule has 2 heterocycles. The van der Waals surface area contributed by atoms with Crippen molar-refractivity contribution in [3.05, 3.63) is 92.4 Å². The van der Waals surface area contributed by atoms with Crippen molar-refractivity contribution in [2.45, 2.75) is 51.4 Å². The molecule has 41 heavy (non-hydrogen) atoms. The summed E-state index contributed by atoms with van der Waals surface area (Å²) in [4.78, 5) is 41.4. The van der Waals surface area contributed by atoms with E-state index < -0.39 is 6.09 Å². The van der Waals surface area contributed by atoms with Gasteiger partial charge in [-0.1, -0.05) is 61.3 Å². The van der Waals surface area contributed by atoms with E-state index in [0.29, 0.717) is 49.7 Å². The number of likely N-dealkylation sites (tertiary alicyclic amines) is 1. The van der Waals surface area contributed by atoms with Crippen LogP contribution in [0.25, 0.3) is 11.1 Å². The highest BCUT2D eigenvalue weighted by atomic mass is 35.5. The molecule has 2 atom stereocenters. The molecule has 1 fully saturated rings. The fraction of sp³-hybridized carbons (Fsp3) is 0.406. The number of rotatable bonds is 9. The van der Waals surface area contributed by atoms with Crippen LogP contribution in [0.2, 0.25) is 5.02 Å². The van der Waals surface area contributed by atoms with Crippen molar-refractivity contribution in [2.75, 3.05) is 33.4 Å². The van der Waals surface area contributed by atoms with Gasteiger partial charge >= 0.3 is 12.2 Å². The number of unbranched alkanes of at least 4 members (excludes halogenated alkanes) is 1. The Kier molecular flexibility index (Phi) is 10.5. The van der Waals surface area contributed by atoms with Gasteiger partial charge in [-0.15, -0.1) is 0 Å². The summed E-state index contributed by atoms with van der Waals surface area (Å²) in [6.45, 7) is 5.73. The molecular weight excluding hydrogens is 542 g/mol. The Morgan fingerprint density at radius 3 is 2.68 bits per heavy atom. The van der Waals surface area contributed by atoms with Gasteiger partial charge in [0, 0.05) is 42.3 Å². The first-order valence-corrected chi connectivity index (χ1v) is 14.5. The fourth-order valence-electron chi connectivity index (χ4n) is 5.56. The van der Waals surface area contributed by atoms with E-state index in [1.54, 1.807) is 11.1 Å². The molecule has 1 aliphatic rings. The second kappa shape index (κ2) is 14.2. The van der Waals surface area contributed by atoms with E-state index in [4.69, 9.17) is 16.3 Å². The third-order valence-corrected chi connectivity index (χ3v) is 8.15. The summed E-state index contributed by atoms with van der Waals surface area (Å²) >= 11 is 7.01. The predicted octanol–water partition coefficient (Wildman–Crippen LogP) is 6.41. The summed E-state index contributed by atoms with van der Waals surface area (Å²) in [6.07, 6.45) is 4.00. The zero-order valence-electron chi connectivity index (χ0n) is 23.9. The van der Waals surface area contributed by atoms with E-state index in [9.17, 15) is 14.4 Å². The molecule has 2 amide bonds. The molecule has 2 N–H and O–H groups in total. The summed E-state index contributed by atoms with van der Waals surface area (Å²) in [5.74, 6) is -0.110. The van der Waals surface area contributed by atoms with E-state index in [2.05, 4.69) is 22.0 Å². The van der Waals surface area contributed by atoms with Crippen molar-refractivity contribution in [1.82, 2.24) is 15.2 Å². The number of amides is 2. The monoisotopic (exact) mass is 579 g/mol. The van der Waals surface area contributed by atoms with Gasteiger partial charge in [-0.25, -0.2) is 9.59 Å². The number of hydrogen-bond acceptors (Lipinski definition) is 5. The third kappa shape index (κ3) is 7.30. The van der Waals surface area contributed by atoms with Gasteiger partial charge < -0.3 is 24.7 Å². The highest BCUT2D eigenvalue weighted by Crippen LogP contribution is 2.43. The molecule has 218 valence electrons. The minimum Gasteiger partial charge on any atom is -0.453 e. The smallest absolute Gasteiger partial charge is 0.409 e. The highest BCUT2D eigenvalue weighted by Gasteiger charge is 2.36. The number of carbonyl (C=O) groups is 2. The van der Waals surface area contributed by atoms with Gasteiger partial charge in [0.25, 0.3) is 5.56 Å². The number of H-pyrrole nitrogens is 1. The molecule has 0 saturated carbocycles. The molecule has 9 heteroatoms. The van der Waals surface area contributed by atoms with Gasteiger partial charge in [0.1, 0.15) is 0 Å². The van der Waals surface area contributed by atoms with Crippen LogP contribution in [-0.4, -0.2) is 55.4 Å². The van der Waals surface area contributed by atoms with Gasteiger partial charge in [0.05, 0.1) is 13.7 Å². The zero-order valence-corrected chi connectivity index (χ0v) is 24.6. The summed E-state index contributed by atoms with van der Waals surface area (Å²) in [6, 6.07) is 16.0. The second-order valence-corrected chi connectivity index (χ2v) is 10.8. The number of aromatic amines is 1. The third-order valence-electron chi connectivity index (χ3n) is 7.82. The Labute approximate surface area is 246 Å². The van der Waals surface area contributed by atoms with Gasteiger partial charge in [-0.3, -0.25) is 4.79 Å². The van der Waals surface area contributed by atoms with E-state index in [1.807, 2.05) is 55.5 Å². The minimum absolute atomic E-state index is 0.0111. The van der Waals surface area contributed by atoms with Gasteiger partial charge in [0.2, 0.25) is 0 Å². The number of aromatic nitrogens is 1. The lowest BCUT2D eigenvalue weighted by atomic mass is 9.75.